The summed E-state index contributed by atoms with van der Waals surface area (Å²) in [5.41, 5.74) is 3.83. The molecule has 2 fully saturated rings. The fourth-order valence-corrected chi connectivity index (χ4v) is 4.21. The van der Waals surface area contributed by atoms with E-state index >= 15 is 0 Å². The highest BCUT2D eigenvalue weighted by Crippen LogP contribution is 2.40. The van der Waals surface area contributed by atoms with Crippen LogP contribution < -0.4 is 10.6 Å². The fourth-order valence-electron chi connectivity index (χ4n) is 4.21. The van der Waals surface area contributed by atoms with Crippen LogP contribution in [0.4, 0.5) is 11.6 Å². The van der Waals surface area contributed by atoms with Crippen LogP contribution in [0.25, 0.3) is 21.8 Å². The van der Waals surface area contributed by atoms with Gasteiger partial charge in [0.15, 0.2) is 0 Å². The number of aryl methyl sites for hydroxylation is 1. The molecular formula is C26H24N6O. The van der Waals surface area contributed by atoms with Gasteiger partial charge >= 0.3 is 0 Å². The molecule has 33 heavy (non-hydrogen) atoms. The number of hydrogen-bond acceptors (Lipinski definition) is 5. The van der Waals surface area contributed by atoms with Crippen molar-refractivity contribution in [2.75, 3.05) is 17.7 Å². The topological polar surface area (TPSA) is 84.7 Å². The molecule has 2 N–H and O–H groups in total. The van der Waals surface area contributed by atoms with Crippen molar-refractivity contribution in [1.29, 1.82) is 0 Å². The van der Waals surface area contributed by atoms with E-state index in [9.17, 15) is 4.79 Å². The summed E-state index contributed by atoms with van der Waals surface area (Å²) in [6.07, 6.45) is 7.86. The van der Waals surface area contributed by atoms with Crippen LogP contribution in [-0.4, -0.2) is 32.5 Å². The Labute approximate surface area is 191 Å². The fraction of sp³-hybridized carbons (Fsp3) is 0.308. The van der Waals surface area contributed by atoms with E-state index in [1.807, 2.05) is 25.2 Å². The molecular weight excluding hydrogens is 412 g/mol. The first-order valence-electron chi connectivity index (χ1n) is 11.4. The predicted molar refractivity (Wildman–Crippen MR) is 129 cm³/mol. The molecule has 3 heterocycles. The normalized spacial score (nSPS) is 15.3. The number of rotatable bonds is 4. The zero-order valence-electron chi connectivity index (χ0n) is 18.6. The summed E-state index contributed by atoms with van der Waals surface area (Å²) in [5.74, 6) is 9.77. The number of nitrogens with one attached hydrogen (secondary N) is 2. The molecule has 7 nitrogen and oxygen atoms in total. The summed E-state index contributed by atoms with van der Waals surface area (Å²) in [4.78, 5) is 25.9. The van der Waals surface area contributed by atoms with Crippen LogP contribution in [-0.2, 0) is 11.8 Å². The van der Waals surface area contributed by atoms with Gasteiger partial charge in [0, 0.05) is 54.7 Å². The molecule has 6 rings (SSSR count). The lowest BCUT2D eigenvalue weighted by molar-refractivity contribution is -0.117. The largest absolute Gasteiger partial charge is 0.373 e. The highest BCUT2D eigenvalue weighted by atomic mass is 16.2. The van der Waals surface area contributed by atoms with Crippen molar-refractivity contribution in [2.24, 2.45) is 13.0 Å². The highest BCUT2D eigenvalue weighted by Gasteiger charge is 2.30. The second kappa shape index (κ2) is 7.59. The summed E-state index contributed by atoms with van der Waals surface area (Å²) in [6, 6.07) is 8.04. The number of pyridine rings is 2. The third kappa shape index (κ3) is 3.68. The number of nitrogens with zero attached hydrogens (tertiary/aromatic N) is 4. The Morgan fingerprint density at radius 3 is 2.67 bits per heavy atom. The van der Waals surface area contributed by atoms with Crippen molar-refractivity contribution in [3.63, 3.8) is 0 Å². The molecule has 2 saturated carbocycles. The molecule has 0 atom stereocenters. The minimum atomic E-state index is 0.0347. The Morgan fingerprint density at radius 1 is 1.06 bits per heavy atom. The number of fused-ring (bicyclic) bond motifs is 2. The number of amides is 1. The molecule has 0 saturated heterocycles. The summed E-state index contributed by atoms with van der Waals surface area (Å²) >= 11 is 0. The third-order valence-corrected chi connectivity index (χ3v) is 6.41. The molecule has 3 aromatic heterocycles. The lowest BCUT2D eigenvalue weighted by Crippen LogP contribution is -2.14. The van der Waals surface area contributed by atoms with Crippen molar-refractivity contribution < 1.29 is 4.79 Å². The molecule has 164 valence electrons. The van der Waals surface area contributed by atoms with Crippen LogP contribution >= 0.6 is 0 Å². The molecule has 0 aliphatic heterocycles. The predicted octanol–water partition coefficient (Wildman–Crippen LogP) is 4.18. The standard InChI is InChI=1S/C26H24N6O/c1-27-24-20-14-28-23(31-26(33)17-8-9-17)12-19(20)18(13-29-24)5-3-15-4-10-21-22(11-15)32(2)25(30-21)16-6-7-16/h4,10-14,16-17H,6-9H2,1-2H3,(H,27,29)(H,28,31,33). The number of benzene rings is 1. The number of carbonyl (C=O) groups excluding carboxylic acids is 1. The van der Waals surface area contributed by atoms with Crippen LogP contribution in [0.3, 0.4) is 0 Å². The van der Waals surface area contributed by atoms with Crippen LogP contribution in [0.5, 0.6) is 0 Å². The highest BCUT2D eigenvalue weighted by molar-refractivity contribution is 5.99. The minimum absolute atomic E-state index is 0.0347. The smallest absolute Gasteiger partial charge is 0.228 e. The Hall–Kier alpha value is -3.92. The molecule has 1 aromatic carbocycles. The summed E-state index contributed by atoms with van der Waals surface area (Å²) in [5, 5.41) is 7.80. The Morgan fingerprint density at radius 2 is 1.91 bits per heavy atom. The minimum Gasteiger partial charge on any atom is -0.373 e. The van der Waals surface area contributed by atoms with E-state index in [0.717, 1.165) is 51.6 Å². The number of aromatic nitrogens is 4. The van der Waals surface area contributed by atoms with Crippen LogP contribution in [0.15, 0.2) is 36.7 Å². The van der Waals surface area contributed by atoms with Crippen molar-refractivity contribution >= 4 is 39.3 Å². The lowest BCUT2D eigenvalue weighted by atomic mass is 10.1. The van der Waals surface area contributed by atoms with Gasteiger partial charge in [-0.15, -0.1) is 0 Å². The maximum atomic E-state index is 12.2. The quantitative estimate of drug-likeness (QED) is 0.469. The van der Waals surface area contributed by atoms with E-state index in [-0.39, 0.29) is 11.8 Å². The van der Waals surface area contributed by atoms with Crippen LogP contribution in [0, 0.1) is 17.8 Å². The van der Waals surface area contributed by atoms with Gasteiger partial charge in [-0.1, -0.05) is 11.8 Å². The molecule has 4 aromatic rings. The lowest BCUT2D eigenvalue weighted by Gasteiger charge is -2.09. The van der Waals surface area contributed by atoms with Gasteiger partial charge in [0.1, 0.15) is 17.5 Å². The molecule has 0 spiro atoms. The number of carbonyl (C=O) groups is 1. The van der Waals surface area contributed by atoms with Gasteiger partial charge in [0.05, 0.1) is 16.6 Å². The third-order valence-electron chi connectivity index (χ3n) is 6.41. The first kappa shape index (κ1) is 19.7. The van der Waals surface area contributed by atoms with Gasteiger partial charge in [-0.3, -0.25) is 4.79 Å². The van der Waals surface area contributed by atoms with E-state index < -0.39 is 0 Å². The van der Waals surface area contributed by atoms with Crippen molar-refractivity contribution in [2.45, 2.75) is 31.6 Å². The first-order valence-corrected chi connectivity index (χ1v) is 11.4. The number of hydrogen-bond donors (Lipinski definition) is 2. The van der Waals surface area contributed by atoms with Crippen molar-refractivity contribution in [3.05, 3.63) is 53.6 Å². The van der Waals surface area contributed by atoms with Crippen LogP contribution in [0.2, 0.25) is 0 Å². The van der Waals surface area contributed by atoms with Crippen LogP contribution in [0.1, 0.15) is 48.6 Å². The second-order valence-electron chi connectivity index (χ2n) is 8.91. The molecule has 1 amide bonds. The zero-order chi connectivity index (χ0) is 22.5. The summed E-state index contributed by atoms with van der Waals surface area (Å²) in [6.45, 7) is 0. The first-order chi connectivity index (χ1) is 16.1. The van der Waals surface area contributed by atoms with Crippen molar-refractivity contribution in [3.8, 4) is 11.8 Å². The van der Waals surface area contributed by atoms with Crippen molar-refractivity contribution in [1.82, 2.24) is 19.5 Å². The second-order valence-corrected chi connectivity index (χ2v) is 8.91. The average Bonchev–Trinajstić information content (AvgIpc) is 3.75. The monoisotopic (exact) mass is 436 g/mol. The van der Waals surface area contributed by atoms with E-state index in [4.69, 9.17) is 4.98 Å². The van der Waals surface area contributed by atoms with E-state index in [1.54, 1.807) is 12.4 Å². The molecule has 2 aliphatic rings. The Kier molecular flexibility index (Phi) is 4.54. The summed E-state index contributed by atoms with van der Waals surface area (Å²) < 4.78 is 2.19. The SMILES string of the molecule is CNc1ncc(C#Cc2ccc3nc(C4CC4)n(C)c3c2)c2cc(NC(=O)C3CC3)ncc12. The van der Waals surface area contributed by atoms with E-state index in [1.165, 1.54) is 18.7 Å². The average molecular weight is 437 g/mol. The number of imidazole rings is 1. The number of anilines is 2. The van der Waals surface area contributed by atoms with E-state index in [2.05, 4.69) is 50.1 Å². The zero-order valence-corrected chi connectivity index (χ0v) is 18.6. The van der Waals surface area contributed by atoms with Gasteiger partial charge < -0.3 is 15.2 Å². The van der Waals surface area contributed by atoms with Gasteiger partial charge in [0.2, 0.25) is 5.91 Å². The van der Waals surface area contributed by atoms with Gasteiger partial charge in [-0.2, -0.15) is 0 Å². The molecule has 2 aliphatic carbocycles. The molecule has 0 radical (unpaired) electrons. The maximum Gasteiger partial charge on any atom is 0.228 e. The molecule has 0 bridgehead atoms. The maximum absolute atomic E-state index is 12.2. The summed E-state index contributed by atoms with van der Waals surface area (Å²) in [7, 11) is 3.91. The van der Waals surface area contributed by atoms with Gasteiger partial charge in [-0.25, -0.2) is 15.0 Å². The van der Waals surface area contributed by atoms with Gasteiger partial charge in [0.25, 0.3) is 0 Å². The Balaban J connectivity index is 1.38. The Bertz CT molecular complexity index is 1480. The van der Waals surface area contributed by atoms with E-state index in [0.29, 0.717) is 11.7 Å². The van der Waals surface area contributed by atoms with Gasteiger partial charge in [-0.05, 0) is 49.9 Å². The molecule has 0 unspecified atom stereocenters. The molecule has 7 heteroatoms.